The van der Waals surface area contributed by atoms with E-state index in [9.17, 15) is 4.79 Å². The smallest absolute Gasteiger partial charge is 0.408 e. The van der Waals surface area contributed by atoms with Gasteiger partial charge >= 0.3 is 5.76 Å². The van der Waals surface area contributed by atoms with E-state index < -0.39 is 0 Å². The Morgan fingerprint density at radius 2 is 1.88 bits per heavy atom. The van der Waals surface area contributed by atoms with E-state index in [0.29, 0.717) is 17.5 Å². The molecule has 0 unspecified atom stereocenters. The summed E-state index contributed by atoms with van der Waals surface area (Å²) < 4.78 is 5.20. The molecule has 1 aliphatic rings. The van der Waals surface area contributed by atoms with Crippen molar-refractivity contribution < 1.29 is 4.42 Å². The van der Waals surface area contributed by atoms with Gasteiger partial charge in [-0.2, -0.15) is 0 Å². The van der Waals surface area contributed by atoms with E-state index in [1.54, 1.807) is 0 Å². The molecule has 1 saturated carbocycles. The van der Waals surface area contributed by atoms with Crippen LogP contribution in [-0.2, 0) is 0 Å². The first-order chi connectivity index (χ1) is 12.8. The van der Waals surface area contributed by atoms with Gasteiger partial charge in [0, 0.05) is 23.2 Å². The van der Waals surface area contributed by atoms with Crippen LogP contribution in [0.25, 0.3) is 11.1 Å². The minimum absolute atomic E-state index is 0.376. The zero-order valence-electron chi connectivity index (χ0n) is 14.7. The third kappa shape index (κ3) is 4.22. The molecule has 4 rings (SSSR count). The van der Waals surface area contributed by atoms with Crippen LogP contribution >= 0.6 is 11.8 Å². The minimum Gasteiger partial charge on any atom is -0.408 e. The van der Waals surface area contributed by atoms with Gasteiger partial charge in [0.1, 0.15) is 0 Å². The lowest BCUT2D eigenvalue weighted by Crippen LogP contribution is -2.34. The Kier molecular flexibility index (Phi) is 5.46. The Hall–Kier alpha value is -1.98. The van der Waals surface area contributed by atoms with Crippen LogP contribution in [0.5, 0.6) is 0 Å². The minimum atomic E-state index is -0.376. The summed E-state index contributed by atoms with van der Waals surface area (Å²) in [7, 11) is 0. The summed E-state index contributed by atoms with van der Waals surface area (Å²) in [6.07, 6.45) is 4.78. The Labute approximate surface area is 157 Å². The highest BCUT2D eigenvalue weighted by Gasteiger charge is 2.22. The fraction of sp³-hybridized carbons (Fsp3) is 0.381. The van der Waals surface area contributed by atoms with Gasteiger partial charge in [0.25, 0.3) is 0 Å². The second-order valence-corrected chi connectivity index (χ2v) is 8.10. The number of hydrogen-bond donors (Lipinski definition) is 2. The van der Waals surface area contributed by atoms with Gasteiger partial charge in [-0.3, -0.25) is 4.98 Å². The van der Waals surface area contributed by atoms with Crippen molar-refractivity contribution in [2.45, 2.75) is 42.5 Å². The Bertz CT molecular complexity index is 895. The molecule has 1 fully saturated rings. The lowest BCUT2D eigenvalue weighted by Gasteiger charge is -2.29. The maximum atomic E-state index is 11.3. The van der Waals surface area contributed by atoms with Crippen molar-refractivity contribution in [1.82, 2.24) is 10.3 Å². The molecule has 0 spiro atoms. The van der Waals surface area contributed by atoms with E-state index in [1.165, 1.54) is 36.1 Å². The average molecular weight is 369 g/mol. The summed E-state index contributed by atoms with van der Waals surface area (Å²) in [5, 5.41) is 3.71. The SMILES string of the molecule is O=c1[nH]c2ccc([C@H]3CC[C@H](NCCSc4ccccc4)CC3)cc2o1. The zero-order chi connectivity index (χ0) is 17.8. The van der Waals surface area contributed by atoms with Crippen LogP contribution in [0.3, 0.4) is 0 Å². The monoisotopic (exact) mass is 368 g/mol. The molecule has 2 N–H and O–H groups in total. The largest absolute Gasteiger partial charge is 0.417 e. The van der Waals surface area contributed by atoms with Gasteiger partial charge in [-0.1, -0.05) is 24.3 Å². The first-order valence-electron chi connectivity index (χ1n) is 9.32. The molecule has 1 aromatic heterocycles. The molecule has 0 radical (unpaired) electrons. The van der Waals surface area contributed by atoms with Gasteiger partial charge in [0.2, 0.25) is 0 Å². The number of rotatable bonds is 6. The topological polar surface area (TPSA) is 58.0 Å². The van der Waals surface area contributed by atoms with Crippen molar-refractivity contribution in [2.24, 2.45) is 0 Å². The number of fused-ring (bicyclic) bond motifs is 1. The Morgan fingerprint density at radius 1 is 1.08 bits per heavy atom. The van der Waals surface area contributed by atoms with Crippen molar-refractivity contribution in [1.29, 1.82) is 0 Å². The predicted molar refractivity (Wildman–Crippen MR) is 107 cm³/mol. The van der Waals surface area contributed by atoms with Gasteiger partial charge < -0.3 is 9.73 Å². The van der Waals surface area contributed by atoms with E-state index in [4.69, 9.17) is 4.42 Å². The summed E-state index contributed by atoms with van der Waals surface area (Å²) in [4.78, 5) is 15.3. The van der Waals surface area contributed by atoms with E-state index in [0.717, 1.165) is 17.8 Å². The fourth-order valence-corrected chi connectivity index (χ4v) is 4.60. The summed E-state index contributed by atoms with van der Waals surface area (Å²) in [6, 6.07) is 17.3. The molecular formula is C21H24N2O2S. The fourth-order valence-electron chi connectivity index (χ4n) is 3.80. The van der Waals surface area contributed by atoms with Gasteiger partial charge in [0.05, 0.1) is 5.52 Å². The number of hydrogen-bond acceptors (Lipinski definition) is 4. The summed E-state index contributed by atoms with van der Waals surface area (Å²) in [6.45, 7) is 1.05. The van der Waals surface area contributed by atoms with Crippen LogP contribution < -0.4 is 11.1 Å². The predicted octanol–water partition coefficient (Wildman–Crippen LogP) is 4.53. The molecule has 136 valence electrons. The Morgan fingerprint density at radius 3 is 2.69 bits per heavy atom. The normalized spacial score (nSPS) is 20.5. The first kappa shape index (κ1) is 17.4. The first-order valence-corrected chi connectivity index (χ1v) is 10.3. The molecule has 26 heavy (non-hydrogen) atoms. The molecular weight excluding hydrogens is 344 g/mol. The number of thioether (sulfide) groups is 1. The highest BCUT2D eigenvalue weighted by atomic mass is 32.2. The van der Waals surface area contributed by atoms with Gasteiger partial charge in [-0.15, -0.1) is 11.8 Å². The number of aromatic amines is 1. The number of H-pyrrole nitrogens is 1. The van der Waals surface area contributed by atoms with Crippen molar-refractivity contribution in [2.75, 3.05) is 12.3 Å². The molecule has 1 aliphatic carbocycles. The lowest BCUT2D eigenvalue weighted by atomic mass is 9.81. The Balaban J connectivity index is 1.23. The molecule has 3 aromatic rings. The molecule has 0 bridgehead atoms. The molecule has 0 aliphatic heterocycles. The number of benzene rings is 2. The van der Waals surface area contributed by atoms with Gasteiger partial charge in [-0.05, 0) is 61.4 Å². The second kappa shape index (κ2) is 8.14. The average Bonchev–Trinajstić information content (AvgIpc) is 3.06. The number of aromatic nitrogens is 1. The third-order valence-electron chi connectivity index (χ3n) is 5.19. The molecule has 2 aromatic carbocycles. The van der Waals surface area contributed by atoms with Crippen LogP contribution in [0.15, 0.2) is 62.6 Å². The molecule has 0 amide bonds. The highest BCUT2D eigenvalue weighted by molar-refractivity contribution is 7.99. The summed E-state index contributed by atoms with van der Waals surface area (Å²) in [5.74, 6) is 1.29. The van der Waals surface area contributed by atoms with Crippen LogP contribution in [-0.4, -0.2) is 23.3 Å². The van der Waals surface area contributed by atoms with E-state index in [-0.39, 0.29) is 5.76 Å². The standard InChI is InChI=1S/C21H24N2O2S/c24-21-23-19-11-8-16(14-20(19)25-21)15-6-9-17(10-7-15)22-12-13-26-18-4-2-1-3-5-18/h1-5,8,11,14-15,17,22H,6-7,9-10,12-13H2,(H,23,24)/t15-,17-. The van der Waals surface area contributed by atoms with Gasteiger partial charge in [0.15, 0.2) is 5.58 Å². The van der Waals surface area contributed by atoms with Crippen molar-refractivity contribution in [3.63, 3.8) is 0 Å². The van der Waals surface area contributed by atoms with Crippen LogP contribution in [0.4, 0.5) is 0 Å². The van der Waals surface area contributed by atoms with Crippen molar-refractivity contribution in [3.8, 4) is 0 Å². The third-order valence-corrected chi connectivity index (χ3v) is 6.20. The van der Waals surface area contributed by atoms with Crippen molar-refractivity contribution in [3.05, 3.63) is 64.6 Å². The quantitative estimate of drug-likeness (QED) is 0.496. The summed E-state index contributed by atoms with van der Waals surface area (Å²) >= 11 is 1.91. The van der Waals surface area contributed by atoms with E-state index in [1.807, 2.05) is 23.9 Å². The summed E-state index contributed by atoms with van der Waals surface area (Å²) in [5.41, 5.74) is 2.74. The maximum Gasteiger partial charge on any atom is 0.417 e. The van der Waals surface area contributed by atoms with E-state index in [2.05, 4.69) is 46.7 Å². The number of oxazole rings is 1. The molecule has 0 saturated heterocycles. The maximum absolute atomic E-state index is 11.3. The van der Waals surface area contributed by atoms with Crippen LogP contribution in [0, 0.1) is 0 Å². The highest BCUT2D eigenvalue weighted by Crippen LogP contribution is 2.34. The van der Waals surface area contributed by atoms with Crippen LogP contribution in [0.2, 0.25) is 0 Å². The number of nitrogens with one attached hydrogen (secondary N) is 2. The van der Waals surface area contributed by atoms with Crippen molar-refractivity contribution >= 4 is 22.9 Å². The molecule has 5 heteroatoms. The van der Waals surface area contributed by atoms with E-state index >= 15 is 0 Å². The lowest BCUT2D eigenvalue weighted by molar-refractivity contribution is 0.348. The second-order valence-electron chi connectivity index (χ2n) is 6.93. The molecule has 4 nitrogen and oxygen atoms in total. The van der Waals surface area contributed by atoms with Gasteiger partial charge in [-0.25, -0.2) is 4.79 Å². The zero-order valence-corrected chi connectivity index (χ0v) is 15.6. The van der Waals surface area contributed by atoms with Crippen LogP contribution in [0.1, 0.15) is 37.2 Å². The molecule has 1 heterocycles. The molecule has 0 atom stereocenters.